The number of carbonyl (C=O) groups is 1. The van der Waals surface area contributed by atoms with Crippen LogP contribution in [0.4, 0.5) is 10.1 Å². The minimum Gasteiger partial charge on any atom is -0.378 e. The maximum absolute atomic E-state index is 13.6. The van der Waals surface area contributed by atoms with Crippen LogP contribution < -0.4 is 4.90 Å². The molecule has 0 aliphatic heterocycles. The highest BCUT2D eigenvalue weighted by atomic mass is 35.5. The van der Waals surface area contributed by atoms with Gasteiger partial charge in [0.25, 0.3) is 5.91 Å². The van der Waals surface area contributed by atoms with E-state index in [1.54, 1.807) is 7.05 Å². The molecule has 2 rings (SSSR count). The largest absolute Gasteiger partial charge is 0.378 e. The van der Waals surface area contributed by atoms with Crippen molar-refractivity contribution in [2.75, 3.05) is 26.0 Å². The number of amides is 1. The Labute approximate surface area is 145 Å². The Bertz CT molecular complexity index is 717. The van der Waals surface area contributed by atoms with Gasteiger partial charge in [-0.25, -0.2) is 4.39 Å². The molecule has 0 heterocycles. The van der Waals surface area contributed by atoms with Crippen LogP contribution in [-0.4, -0.2) is 32.0 Å². The van der Waals surface area contributed by atoms with E-state index in [1.807, 2.05) is 43.3 Å². The van der Waals surface area contributed by atoms with E-state index >= 15 is 0 Å². The van der Waals surface area contributed by atoms with E-state index in [1.165, 1.54) is 11.0 Å². The maximum Gasteiger partial charge on any atom is 0.255 e. The Morgan fingerprint density at radius 2 is 1.65 bits per heavy atom. The fraction of sp³-hybridized carbons (Fsp3) is 0.235. The molecule has 0 unspecified atom stereocenters. The third kappa shape index (κ3) is 4.15. The van der Waals surface area contributed by atoms with Crippen molar-refractivity contribution in [1.82, 2.24) is 4.90 Å². The third-order valence-electron chi connectivity index (χ3n) is 3.46. The van der Waals surface area contributed by atoms with E-state index in [2.05, 4.69) is 0 Å². The number of anilines is 1. The summed E-state index contributed by atoms with van der Waals surface area (Å²) in [6.45, 7) is 0.396. The van der Waals surface area contributed by atoms with Crippen LogP contribution in [-0.2, 0) is 6.54 Å². The van der Waals surface area contributed by atoms with Crippen molar-refractivity contribution in [2.24, 2.45) is 0 Å². The van der Waals surface area contributed by atoms with Crippen LogP contribution in [0.5, 0.6) is 0 Å². The molecule has 0 aromatic heterocycles. The molecule has 2 aromatic carbocycles. The zero-order valence-electron chi connectivity index (χ0n) is 13.1. The van der Waals surface area contributed by atoms with Gasteiger partial charge in [0.15, 0.2) is 0 Å². The molecule has 0 N–H and O–H groups in total. The summed E-state index contributed by atoms with van der Waals surface area (Å²) in [7, 11) is 5.56. The van der Waals surface area contributed by atoms with Crippen LogP contribution in [0.2, 0.25) is 10.0 Å². The highest BCUT2D eigenvalue weighted by Crippen LogP contribution is 2.25. The Hall–Kier alpha value is -1.78. The number of halogens is 3. The van der Waals surface area contributed by atoms with Crippen LogP contribution in [0.3, 0.4) is 0 Å². The van der Waals surface area contributed by atoms with E-state index < -0.39 is 5.82 Å². The smallest absolute Gasteiger partial charge is 0.255 e. The first-order valence-electron chi connectivity index (χ1n) is 6.96. The molecule has 3 nitrogen and oxygen atoms in total. The van der Waals surface area contributed by atoms with E-state index in [0.29, 0.717) is 6.54 Å². The van der Waals surface area contributed by atoms with Gasteiger partial charge in [-0.1, -0.05) is 35.3 Å². The summed E-state index contributed by atoms with van der Waals surface area (Å²) in [6, 6.07) is 10.2. The quantitative estimate of drug-likeness (QED) is 0.756. The lowest BCUT2D eigenvalue weighted by Crippen LogP contribution is -2.26. The first-order valence-corrected chi connectivity index (χ1v) is 7.71. The molecule has 0 saturated carbocycles. The number of rotatable bonds is 4. The van der Waals surface area contributed by atoms with Crippen LogP contribution in [0.1, 0.15) is 15.9 Å². The molecule has 23 heavy (non-hydrogen) atoms. The molecule has 0 aliphatic rings. The lowest BCUT2D eigenvalue weighted by atomic mass is 10.1. The summed E-state index contributed by atoms with van der Waals surface area (Å²) < 4.78 is 13.6. The molecule has 0 spiro atoms. The summed E-state index contributed by atoms with van der Waals surface area (Å²) in [5, 5.41) is 0.0321. The predicted octanol–water partition coefficient (Wildman–Crippen LogP) is 4.47. The van der Waals surface area contributed by atoms with Gasteiger partial charge in [0.2, 0.25) is 0 Å². The fourth-order valence-electron chi connectivity index (χ4n) is 2.14. The minimum absolute atomic E-state index is 0.0981. The van der Waals surface area contributed by atoms with E-state index in [4.69, 9.17) is 23.2 Å². The first kappa shape index (κ1) is 17.6. The van der Waals surface area contributed by atoms with Gasteiger partial charge in [-0.3, -0.25) is 4.79 Å². The second kappa shape index (κ2) is 7.20. The standard InChI is InChI=1S/C17H17Cl2FN2O/c1-21(2)12-6-4-11(5-7-12)10-22(3)17(23)13-8-16(20)15(19)9-14(13)18/h4-9H,10H2,1-3H3. The van der Waals surface area contributed by atoms with Gasteiger partial charge >= 0.3 is 0 Å². The maximum atomic E-state index is 13.6. The van der Waals surface area contributed by atoms with Crippen LogP contribution in [0.15, 0.2) is 36.4 Å². The number of carbonyl (C=O) groups excluding carboxylic acids is 1. The van der Waals surface area contributed by atoms with Gasteiger partial charge in [0.05, 0.1) is 15.6 Å². The molecule has 1 amide bonds. The third-order valence-corrected chi connectivity index (χ3v) is 4.06. The highest BCUT2D eigenvalue weighted by Gasteiger charge is 2.18. The Morgan fingerprint density at radius 3 is 2.22 bits per heavy atom. The van der Waals surface area contributed by atoms with E-state index in [-0.39, 0.29) is 21.5 Å². The minimum atomic E-state index is -0.664. The Balaban J connectivity index is 2.15. The van der Waals surface area contributed by atoms with Crippen molar-refractivity contribution in [2.45, 2.75) is 6.54 Å². The number of nitrogens with zero attached hydrogens (tertiary/aromatic N) is 2. The van der Waals surface area contributed by atoms with Crippen molar-refractivity contribution in [3.05, 3.63) is 63.4 Å². The van der Waals surface area contributed by atoms with E-state index in [9.17, 15) is 9.18 Å². The summed E-state index contributed by atoms with van der Waals surface area (Å²) in [6.07, 6.45) is 0. The van der Waals surface area contributed by atoms with Gasteiger partial charge in [-0.15, -0.1) is 0 Å². The molecule has 0 saturated heterocycles. The lowest BCUT2D eigenvalue weighted by Gasteiger charge is -2.19. The predicted molar refractivity (Wildman–Crippen MR) is 93.0 cm³/mol. The molecule has 0 aliphatic carbocycles. The summed E-state index contributed by atoms with van der Waals surface area (Å²) in [5.41, 5.74) is 2.14. The SMILES string of the molecule is CN(Cc1ccc(N(C)C)cc1)C(=O)c1cc(F)c(Cl)cc1Cl. The lowest BCUT2D eigenvalue weighted by molar-refractivity contribution is 0.0785. The Kier molecular flexibility index (Phi) is 5.50. The molecule has 0 radical (unpaired) electrons. The normalized spacial score (nSPS) is 10.5. The molecule has 0 bridgehead atoms. The summed E-state index contributed by atoms with van der Waals surface area (Å²) in [4.78, 5) is 15.9. The Morgan fingerprint density at radius 1 is 1.04 bits per heavy atom. The average molecular weight is 355 g/mol. The molecule has 0 fully saturated rings. The molecular formula is C17H17Cl2FN2O. The van der Waals surface area contributed by atoms with Gasteiger partial charge in [0.1, 0.15) is 5.82 Å². The summed E-state index contributed by atoms with van der Waals surface area (Å²) in [5.74, 6) is -1.02. The monoisotopic (exact) mass is 354 g/mol. The topological polar surface area (TPSA) is 23.6 Å². The van der Waals surface area contributed by atoms with Gasteiger partial charge in [-0.2, -0.15) is 0 Å². The van der Waals surface area contributed by atoms with Crippen molar-refractivity contribution < 1.29 is 9.18 Å². The van der Waals surface area contributed by atoms with Gasteiger partial charge < -0.3 is 9.80 Å². The zero-order valence-corrected chi connectivity index (χ0v) is 14.6. The van der Waals surface area contributed by atoms with Crippen molar-refractivity contribution in [3.8, 4) is 0 Å². The second-order valence-electron chi connectivity index (χ2n) is 5.47. The van der Waals surface area contributed by atoms with Gasteiger partial charge in [-0.05, 0) is 29.8 Å². The molecule has 6 heteroatoms. The van der Waals surface area contributed by atoms with E-state index in [0.717, 1.165) is 17.3 Å². The van der Waals surface area contributed by atoms with Crippen LogP contribution >= 0.6 is 23.2 Å². The zero-order chi connectivity index (χ0) is 17.1. The van der Waals surface area contributed by atoms with Crippen LogP contribution in [0.25, 0.3) is 0 Å². The molecular weight excluding hydrogens is 338 g/mol. The summed E-state index contributed by atoms with van der Waals surface area (Å²) >= 11 is 11.6. The second-order valence-corrected chi connectivity index (χ2v) is 6.28. The van der Waals surface area contributed by atoms with Crippen molar-refractivity contribution in [1.29, 1.82) is 0 Å². The number of hydrogen-bond donors (Lipinski definition) is 0. The highest BCUT2D eigenvalue weighted by molar-refractivity contribution is 6.36. The van der Waals surface area contributed by atoms with Gasteiger partial charge in [0, 0.05) is 33.4 Å². The number of hydrogen-bond acceptors (Lipinski definition) is 2. The van der Waals surface area contributed by atoms with Crippen molar-refractivity contribution >= 4 is 34.8 Å². The van der Waals surface area contributed by atoms with Crippen molar-refractivity contribution in [3.63, 3.8) is 0 Å². The average Bonchev–Trinajstić information content (AvgIpc) is 2.50. The number of benzene rings is 2. The van der Waals surface area contributed by atoms with Crippen LogP contribution in [0, 0.1) is 5.82 Å². The first-order chi connectivity index (χ1) is 10.8. The molecule has 2 aromatic rings. The molecule has 0 atom stereocenters. The fourth-order valence-corrected chi connectivity index (χ4v) is 2.60. The molecule has 122 valence electrons.